The van der Waals surface area contributed by atoms with Crippen molar-refractivity contribution in [3.05, 3.63) is 69.8 Å². The Kier molecular flexibility index (Phi) is 5.67. The average Bonchev–Trinajstić information content (AvgIpc) is 2.56. The van der Waals surface area contributed by atoms with Crippen molar-refractivity contribution in [2.45, 2.75) is 19.4 Å². The van der Waals surface area contributed by atoms with Crippen LogP contribution in [-0.2, 0) is 11.2 Å². The zero-order valence-electron chi connectivity index (χ0n) is 13.6. The van der Waals surface area contributed by atoms with E-state index in [2.05, 4.69) is 10.6 Å². The van der Waals surface area contributed by atoms with Gasteiger partial charge in [0, 0.05) is 23.7 Å². The number of rotatable bonds is 6. The number of nitrogens with one attached hydrogen (secondary N) is 2. The lowest BCUT2D eigenvalue weighted by atomic mass is 10.1. The lowest BCUT2D eigenvalue weighted by Crippen LogP contribution is -2.47. The van der Waals surface area contributed by atoms with Crippen molar-refractivity contribution in [1.82, 2.24) is 5.32 Å². The molecule has 8 nitrogen and oxygen atoms in total. The van der Waals surface area contributed by atoms with Crippen molar-refractivity contribution in [1.29, 1.82) is 0 Å². The van der Waals surface area contributed by atoms with Gasteiger partial charge in [-0.3, -0.25) is 14.9 Å². The minimum absolute atomic E-state index is 0.0970. The molecule has 0 aliphatic heterocycles. The lowest BCUT2D eigenvalue weighted by Gasteiger charge is -2.17. The summed E-state index contributed by atoms with van der Waals surface area (Å²) in [6.45, 7) is 1.61. The first kappa shape index (κ1) is 17.9. The maximum Gasteiger partial charge on any atom is 0.312 e. The van der Waals surface area contributed by atoms with E-state index in [1.54, 1.807) is 19.1 Å². The van der Waals surface area contributed by atoms with Crippen LogP contribution in [0, 0.1) is 17.0 Å². The summed E-state index contributed by atoms with van der Waals surface area (Å²) in [5.74, 6) is -0.513. The number of hydrogen-bond donors (Lipinski definition) is 3. The topological polar surface area (TPSA) is 127 Å². The third kappa shape index (κ3) is 5.03. The third-order valence-electron chi connectivity index (χ3n) is 3.59. The van der Waals surface area contributed by atoms with Crippen LogP contribution in [0.5, 0.6) is 0 Å². The lowest BCUT2D eigenvalue weighted by molar-refractivity contribution is -0.385. The molecule has 3 amide bonds. The molecule has 1 unspecified atom stereocenters. The Labute approximate surface area is 144 Å². The molecular weight excluding hydrogens is 324 g/mol. The first-order valence-electron chi connectivity index (χ1n) is 7.52. The van der Waals surface area contributed by atoms with Gasteiger partial charge in [-0.25, -0.2) is 4.79 Å². The number of carbonyl (C=O) groups is 2. The van der Waals surface area contributed by atoms with E-state index in [1.165, 1.54) is 6.07 Å². The highest BCUT2D eigenvalue weighted by molar-refractivity contribution is 5.97. The normalized spacial score (nSPS) is 11.4. The van der Waals surface area contributed by atoms with E-state index in [-0.39, 0.29) is 17.8 Å². The summed E-state index contributed by atoms with van der Waals surface area (Å²) in [6.07, 6.45) is 0.240. The Morgan fingerprint density at radius 3 is 2.48 bits per heavy atom. The molecule has 2 aromatic carbocycles. The quantitative estimate of drug-likeness (QED) is 0.549. The van der Waals surface area contributed by atoms with E-state index in [1.807, 2.05) is 30.3 Å². The highest BCUT2D eigenvalue weighted by Crippen LogP contribution is 2.22. The molecule has 8 heteroatoms. The fraction of sp³-hybridized carbons (Fsp3) is 0.176. The number of aryl methyl sites for hydroxylation is 1. The summed E-state index contributed by atoms with van der Waals surface area (Å²) in [4.78, 5) is 34.1. The van der Waals surface area contributed by atoms with Gasteiger partial charge in [0.25, 0.3) is 5.69 Å². The molecule has 0 fully saturated rings. The van der Waals surface area contributed by atoms with Gasteiger partial charge < -0.3 is 16.4 Å². The summed E-state index contributed by atoms with van der Waals surface area (Å²) in [6, 6.07) is 11.8. The van der Waals surface area contributed by atoms with E-state index in [0.717, 1.165) is 5.56 Å². The van der Waals surface area contributed by atoms with E-state index in [0.29, 0.717) is 5.56 Å². The van der Waals surface area contributed by atoms with Gasteiger partial charge in [0.1, 0.15) is 6.04 Å². The summed E-state index contributed by atoms with van der Waals surface area (Å²) in [7, 11) is 0. The molecule has 0 saturated heterocycles. The van der Waals surface area contributed by atoms with Gasteiger partial charge in [-0.2, -0.15) is 0 Å². The molecule has 4 N–H and O–H groups in total. The fourth-order valence-electron chi connectivity index (χ4n) is 2.34. The summed E-state index contributed by atoms with van der Waals surface area (Å²) in [5.41, 5.74) is 6.64. The van der Waals surface area contributed by atoms with Gasteiger partial charge in [0.2, 0.25) is 5.91 Å². The summed E-state index contributed by atoms with van der Waals surface area (Å²) >= 11 is 0. The molecule has 0 spiro atoms. The standard InChI is InChI=1S/C17H18N4O4/c1-11-7-8-13(10-15(11)21(24)25)19-16(22)14(20-17(18)23)9-12-5-3-2-4-6-12/h2-8,10,14H,9H2,1H3,(H,19,22)(H3,18,20,23). The Hall–Kier alpha value is -3.42. The SMILES string of the molecule is Cc1ccc(NC(=O)C(Cc2ccccc2)NC(N)=O)cc1[N+](=O)[O-]. The minimum atomic E-state index is -0.903. The predicted octanol–water partition coefficient (Wildman–Crippen LogP) is 2.12. The summed E-state index contributed by atoms with van der Waals surface area (Å²) in [5, 5.41) is 16.0. The molecule has 0 saturated carbocycles. The van der Waals surface area contributed by atoms with Crippen molar-refractivity contribution < 1.29 is 14.5 Å². The second-order valence-electron chi connectivity index (χ2n) is 5.50. The van der Waals surface area contributed by atoms with Crippen LogP contribution in [0.4, 0.5) is 16.2 Å². The third-order valence-corrected chi connectivity index (χ3v) is 3.59. The number of amides is 3. The van der Waals surface area contributed by atoms with Gasteiger partial charge in [-0.05, 0) is 18.6 Å². The van der Waals surface area contributed by atoms with Crippen LogP contribution in [0.15, 0.2) is 48.5 Å². The number of nitrogens with zero attached hydrogens (tertiary/aromatic N) is 1. The Morgan fingerprint density at radius 2 is 1.88 bits per heavy atom. The highest BCUT2D eigenvalue weighted by atomic mass is 16.6. The maximum atomic E-state index is 12.5. The Bertz CT molecular complexity index is 792. The zero-order chi connectivity index (χ0) is 18.4. The molecule has 2 aromatic rings. The first-order chi connectivity index (χ1) is 11.9. The van der Waals surface area contributed by atoms with Crippen LogP contribution in [0.25, 0.3) is 0 Å². The number of nitrogens with two attached hydrogens (primary N) is 1. The zero-order valence-corrected chi connectivity index (χ0v) is 13.6. The molecule has 2 rings (SSSR count). The van der Waals surface area contributed by atoms with Crippen LogP contribution in [0.1, 0.15) is 11.1 Å². The van der Waals surface area contributed by atoms with Crippen molar-refractivity contribution in [3.63, 3.8) is 0 Å². The maximum absolute atomic E-state index is 12.5. The molecule has 0 radical (unpaired) electrons. The van der Waals surface area contributed by atoms with E-state index in [9.17, 15) is 19.7 Å². The second kappa shape index (κ2) is 7.91. The molecule has 130 valence electrons. The fourth-order valence-corrected chi connectivity index (χ4v) is 2.34. The van der Waals surface area contributed by atoms with E-state index in [4.69, 9.17) is 5.73 Å². The first-order valence-corrected chi connectivity index (χ1v) is 7.52. The second-order valence-corrected chi connectivity index (χ2v) is 5.50. The van der Waals surface area contributed by atoms with Crippen LogP contribution in [-0.4, -0.2) is 22.9 Å². The molecular formula is C17H18N4O4. The number of nitro benzene ring substituents is 1. The van der Waals surface area contributed by atoms with Gasteiger partial charge >= 0.3 is 6.03 Å². The molecule has 0 bridgehead atoms. The van der Waals surface area contributed by atoms with Gasteiger partial charge in [-0.15, -0.1) is 0 Å². The Morgan fingerprint density at radius 1 is 1.20 bits per heavy atom. The number of primary amides is 1. The number of carbonyl (C=O) groups excluding carboxylic acids is 2. The van der Waals surface area contributed by atoms with Crippen molar-refractivity contribution >= 4 is 23.3 Å². The molecule has 0 aliphatic rings. The van der Waals surface area contributed by atoms with Crippen molar-refractivity contribution in [2.24, 2.45) is 5.73 Å². The minimum Gasteiger partial charge on any atom is -0.352 e. The summed E-state index contributed by atoms with van der Waals surface area (Å²) < 4.78 is 0. The largest absolute Gasteiger partial charge is 0.352 e. The molecule has 0 heterocycles. The van der Waals surface area contributed by atoms with Crippen LogP contribution in [0.2, 0.25) is 0 Å². The van der Waals surface area contributed by atoms with Crippen molar-refractivity contribution in [2.75, 3.05) is 5.32 Å². The van der Waals surface area contributed by atoms with Crippen LogP contribution >= 0.6 is 0 Å². The number of anilines is 1. The predicted molar refractivity (Wildman–Crippen MR) is 93.1 cm³/mol. The molecule has 0 aliphatic carbocycles. The van der Waals surface area contributed by atoms with Gasteiger partial charge in [0.05, 0.1) is 4.92 Å². The van der Waals surface area contributed by atoms with Gasteiger partial charge in [-0.1, -0.05) is 36.4 Å². The van der Waals surface area contributed by atoms with E-state index >= 15 is 0 Å². The molecule has 0 aromatic heterocycles. The number of nitro groups is 1. The van der Waals surface area contributed by atoms with Crippen LogP contribution < -0.4 is 16.4 Å². The van der Waals surface area contributed by atoms with Crippen molar-refractivity contribution in [3.8, 4) is 0 Å². The molecule has 1 atom stereocenters. The van der Waals surface area contributed by atoms with E-state index < -0.39 is 22.9 Å². The number of benzene rings is 2. The molecule has 25 heavy (non-hydrogen) atoms. The van der Waals surface area contributed by atoms with Crippen LogP contribution in [0.3, 0.4) is 0 Å². The van der Waals surface area contributed by atoms with Gasteiger partial charge in [0.15, 0.2) is 0 Å². The Balaban J connectivity index is 2.17. The number of urea groups is 1. The number of hydrogen-bond acceptors (Lipinski definition) is 4. The smallest absolute Gasteiger partial charge is 0.312 e. The monoisotopic (exact) mass is 342 g/mol. The highest BCUT2D eigenvalue weighted by Gasteiger charge is 2.21. The average molecular weight is 342 g/mol.